The Morgan fingerprint density at radius 2 is 2.00 bits per heavy atom. The maximum atomic E-state index is 9.64. The summed E-state index contributed by atoms with van der Waals surface area (Å²) >= 11 is 0. The van der Waals surface area contributed by atoms with Crippen LogP contribution in [-0.2, 0) is 7.05 Å². The van der Waals surface area contributed by atoms with E-state index in [1.807, 2.05) is 35.9 Å². The monoisotopic (exact) mass is 346 g/mol. The molecule has 1 aromatic carbocycles. The molecule has 0 aliphatic carbocycles. The molecule has 0 amide bonds. The van der Waals surface area contributed by atoms with Gasteiger partial charge in [-0.25, -0.2) is 5.43 Å². The number of fused-ring (bicyclic) bond motifs is 3. The first-order valence-electron chi connectivity index (χ1n) is 7.55. The molecule has 10 nitrogen and oxygen atoms in total. The summed E-state index contributed by atoms with van der Waals surface area (Å²) in [5.41, 5.74) is 4.75. The van der Waals surface area contributed by atoms with Crippen molar-refractivity contribution in [2.75, 3.05) is 12.0 Å². The number of hydrazone groups is 1. The van der Waals surface area contributed by atoms with Crippen LogP contribution in [0.5, 0.6) is 0 Å². The van der Waals surface area contributed by atoms with E-state index in [2.05, 4.69) is 25.7 Å². The second-order valence-corrected chi connectivity index (χ2v) is 5.50. The van der Waals surface area contributed by atoms with Crippen LogP contribution in [0, 0.1) is 0 Å². The summed E-state index contributed by atoms with van der Waals surface area (Å²) in [5, 5.41) is 49.9. The molecule has 0 saturated heterocycles. The molecular formula is C15H18N6O4. The first-order valence-corrected chi connectivity index (χ1v) is 7.55. The molecule has 0 bridgehead atoms. The van der Waals surface area contributed by atoms with Gasteiger partial charge in [0.25, 0.3) is 5.95 Å². The lowest BCUT2D eigenvalue weighted by atomic mass is 10.1. The van der Waals surface area contributed by atoms with Gasteiger partial charge in [0.15, 0.2) is 5.65 Å². The Morgan fingerprint density at radius 3 is 2.76 bits per heavy atom. The van der Waals surface area contributed by atoms with Gasteiger partial charge in [-0.05, 0) is 6.07 Å². The van der Waals surface area contributed by atoms with Gasteiger partial charge in [0.1, 0.15) is 23.8 Å². The number of aliphatic hydroxyl groups excluding tert-OH is 4. The molecule has 25 heavy (non-hydrogen) atoms. The lowest BCUT2D eigenvalue weighted by Gasteiger charge is -2.17. The number of nitrogens with zero attached hydrogens (tertiary/aromatic N) is 5. The van der Waals surface area contributed by atoms with Crippen molar-refractivity contribution in [3.8, 4) is 0 Å². The van der Waals surface area contributed by atoms with Crippen molar-refractivity contribution < 1.29 is 20.4 Å². The Morgan fingerprint density at radius 1 is 1.24 bits per heavy atom. The molecule has 0 saturated carbocycles. The van der Waals surface area contributed by atoms with E-state index in [1.165, 1.54) is 0 Å². The fraction of sp³-hybridized carbons (Fsp3) is 0.333. The average molecular weight is 346 g/mol. The molecular weight excluding hydrogens is 328 g/mol. The van der Waals surface area contributed by atoms with Gasteiger partial charge in [-0.2, -0.15) is 10.1 Å². The maximum absolute atomic E-state index is 9.64. The molecule has 5 N–H and O–H groups in total. The van der Waals surface area contributed by atoms with E-state index in [1.54, 1.807) is 0 Å². The number of aryl methyl sites for hydroxylation is 1. The number of aliphatic hydroxyl groups is 4. The quantitative estimate of drug-likeness (QED) is 0.281. The Balaban J connectivity index is 1.80. The van der Waals surface area contributed by atoms with E-state index in [9.17, 15) is 15.3 Å². The van der Waals surface area contributed by atoms with Gasteiger partial charge in [0.2, 0.25) is 0 Å². The second kappa shape index (κ2) is 7.07. The number of hydrogen-bond acceptors (Lipinski definition) is 9. The van der Waals surface area contributed by atoms with E-state index in [-0.39, 0.29) is 5.95 Å². The maximum Gasteiger partial charge on any atom is 0.265 e. The van der Waals surface area contributed by atoms with Crippen molar-refractivity contribution in [3.05, 3.63) is 24.3 Å². The lowest BCUT2D eigenvalue weighted by molar-refractivity contribution is -0.0541. The van der Waals surface area contributed by atoms with Gasteiger partial charge in [0, 0.05) is 12.4 Å². The Hall–Kier alpha value is -2.66. The predicted molar refractivity (Wildman–Crippen MR) is 91.0 cm³/mol. The number of nitrogens with one attached hydrogen (secondary N) is 1. The molecule has 0 radical (unpaired) electrons. The number of hydrogen-bond donors (Lipinski definition) is 5. The molecule has 3 atom stereocenters. The van der Waals surface area contributed by atoms with E-state index in [0.717, 1.165) is 17.1 Å². The van der Waals surface area contributed by atoms with Gasteiger partial charge in [0.05, 0.1) is 18.3 Å². The summed E-state index contributed by atoms with van der Waals surface area (Å²) in [7, 11) is 1.86. The van der Waals surface area contributed by atoms with Crippen LogP contribution < -0.4 is 5.43 Å². The third-order valence-electron chi connectivity index (χ3n) is 3.83. The summed E-state index contributed by atoms with van der Waals surface area (Å²) in [6, 6.07) is 7.72. The third kappa shape index (κ3) is 3.28. The van der Waals surface area contributed by atoms with E-state index < -0.39 is 24.9 Å². The van der Waals surface area contributed by atoms with Crippen LogP contribution in [0.3, 0.4) is 0 Å². The van der Waals surface area contributed by atoms with Gasteiger partial charge in [-0.15, -0.1) is 10.2 Å². The zero-order chi connectivity index (χ0) is 18.0. The highest BCUT2D eigenvalue weighted by atomic mass is 16.4. The second-order valence-electron chi connectivity index (χ2n) is 5.50. The normalized spacial score (nSPS) is 15.7. The molecule has 3 aromatic rings. The summed E-state index contributed by atoms with van der Waals surface area (Å²) in [4.78, 5) is 4.34. The minimum atomic E-state index is -1.56. The van der Waals surface area contributed by atoms with Crippen molar-refractivity contribution in [1.29, 1.82) is 0 Å². The number of rotatable bonds is 6. The molecule has 132 valence electrons. The minimum Gasteiger partial charge on any atom is -0.394 e. The van der Waals surface area contributed by atoms with Gasteiger partial charge in [-0.1, -0.05) is 18.2 Å². The Kier molecular flexibility index (Phi) is 4.86. The zero-order valence-electron chi connectivity index (χ0n) is 13.4. The Labute approximate surface area is 142 Å². The van der Waals surface area contributed by atoms with Crippen molar-refractivity contribution in [2.45, 2.75) is 18.3 Å². The van der Waals surface area contributed by atoms with Crippen LogP contribution in [-0.4, -0.2) is 71.3 Å². The molecule has 0 unspecified atom stereocenters. The molecule has 0 fully saturated rings. The van der Waals surface area contributed by atoms with E-state index >= 15 is 0 Å². The molecule has 2 aromatic heterocycles. The van der Waals surface area contributed by atoms with E-state index in [0.29, 0.717) is 11.2 Å². The van der Waals surface area contributed by atoms with Crippen molar-refractivity contribution in [3.63, 3.8) is 0 Å². The molecule has 10 heteroatoms. The number of para-hydroxylation sites is 1. The average Bonchev–Trinajstić information content (AvgIpc) is 2.93. The largest absolute Gasteiger partial charge is 0.394 e. The van der Waals surface area contributed by atoms with Gasteiger partial charge in [-0.3, -0.25) is 0 Å². The molecule has 0 aliphatic heterocycles. The molecule has 2 heterocycles. The van der Waals surface area contributed by atoms with Crippen LogP contribution in [0.2, 0.25) is 0 Å². The highest BCUT2D eigenvalue weighted by molar-refractivity contribution is 6.04. The van der Waals surface area contributed by atoms with Crippen LogP contribution in [0.4, 0.5) is 5.95 Å². The third-order valence-corrected chi connectivity index (χ3v) is 3.83. The smallest absolute Gasteiger partial charge is 0.265 e. The van der Waals surface area contributed by atoms with Crippen molar-refractivity contribution >= 4 is 34.2 Å². The molecule has 0 spiro atoms. The zero-order valence-corrected chi connectivity index (χ0v) is 13.4. The van der Waals surface area contributed by atoms with Gasteiger partial charge >= 0.3 is 0 Å². The topological polar surface area (TPSA) is 149 Å². The van der Waals surface area contributed by atoms with Crippen LogP contribution in [0.25, 0.3) is 22.1 Å². The minimum absolute atomic E-state index is 0.110. The number of aromatic nitrogens is 4. The predicted octanol–water partition coefficient (Wildman–Crippen LogP) is -1.01. The van der Waals surface area contributed by atoms with Crippen LogP contribution in [0.15, 0.2) is 29.4 Å². The number of anilines is 1. The van der Waals surface area contributed by atoms with Crippen LogP contribution >= 0.6 is 0 Å². The summed E-state index contributed by atoms with van der Waals surface area (Å²) in [5.74, 6) is 0.110. The highest BCUT2D eigenvalue weighted by Crippen LogP contribution is 2.24. The first kappa shape index (κ1) is 17.2. The lowest BCUT2D eigenvalue weighted by Crippen LogP contribution is -2.40. The number of benzene rings is 1. The first-order chi connectivity index (χ1) is 12.0. The van der Waals surface area contributed by atoms with E-state index in [4.69, 9.17) is 5.11 Å². The fourth-order valence-electron chi connectivity index (χ4n) is 2.45. The fourth-order valence-corrected chi connectivity index (χ4v) is 2.45. The summed E-state index contributed by atoms with van der Waals surface area (Å²) in [6.45, 7) is -0.676. The van der Waals surface area contributed by atoms with Gasteiger partial charge < -0.3 is 25.0 Å². The van der Waals surface area contributed by atoms with Crippen molar-refractivity contribution in [2.24, 2.45) is 12.1 Å². The molecule has 0 aliphatic rings. The SMILES string of the molecule is Cn1c2ccccc2c2nnc(N/N=C/[C@H](O)[C@H](O)[C@H](O)CO)nc21. The Bertz CT molecular complexity index is 912. The summed E-state index contributed by atoms with van der Waals surface area (Å²) < 4.78 is 1.88. The molecule has 3 rings (SSSR count). The summed E-state index contributed by atoms with van der Waals surface area (Å²) in [6.07, 6.45) is -3.52. The highest BCUT2D eigenvalue weighted by Gasteiger charge is 2.22. The van der Waals surface area contributed by atoms with Crippen LogP contribution in [0.1, 0.15) is 0 Å². The van der Waals surface area contributed by atoms with Crippen molar-refractivity contribution in [1.82, 2.24) is 19.7 Å². The standard InChI is InChI=1S/C15H18N6O4/c1-21-9-5-3-2-4-8(9)12-14(21)17-15(20-18-12)19-16-6-10(23)13(25)11(24)7-22/h2-6,10-11,13,22-25H,7H2,1H3,(H,17,19,20)/b16-6+/t10-,11+,13-/m0/s1.